The molecule has 0 saturated heterocycles. The van der Waals surface area contributed by atoms with Crippen LogP contribution in [0.15, 0.2) is 41.8 Å². The number of likely N-dealkylation sites (N-methyl/N-ethyl adjacent to an activating group) is 1. The Hall–Kier alpha value is -2.01. The number of hydrogen-bond acceptors (Lipinski definition) is 4. The Morgan fingerprint density at radius 2 is 2.21 bits per heavy atom. The van der Waals surface area contributed by atoms with Gasteiger partial charge in [0.1, 0.15) is 5.75 Å². The van der Waals surface area contributed by atoms with E-state index in [0.29, 0.717) is 5.75 Å². The van der Waals surface area contributed by atoms with Crippen LogP contribution in [-0.2, 0) is 11.3 Å². The van der Waals surface area contributed by atoms with Crippen LogP contribution >= 0.6 is 11.3 Å². The zero-order chi connectivity index (χ0) is 13.5. The highest BCUT2D eigenvalue weighted by molar-refractivity contribution is 7.09. The third kappa shape index (κ3) is 4.30. The number of nitrogens with one attached hydrogen (secondary N) is 2. The highest BCUT2D eigenvalue weighted by atomic mass is 32.1. The second-order valence-corrected chi connectivity index (χ2v) is 4.95. The molecule has 0 aliphatic heterocycles. The minimum Gasteiger partial charge on any atom is -0.484 e. The van der Waals surface area contributed by atoms with E-state index >= 15 is 0 Å². The van der Waals surface area contributed by atoms with E-state index < -0.39 is 0 Å². The van der Waals surface area contributed by atoms with E-state index in [4.69, 9.17) is 4.74 Å². The molecule has 2 N–H and O–H groups in total. The standard InChI is InChI=1S/C14H16N2O2S/c1-15-14(17)10-18-12-5-2-4-11(8-12)16-9-13-6-3-7-19-13/h2-8,16H,9-10H2,1H3,(H,15,17). The van der Waals surface area contributed by atoms with Gasteiger partial charge in [0.2, 0.25) is 0 Å². The van der Waals surface area contributed by atoms with E-state index in [1.807, 2.05) is 30.3 Å². The molecule has 100 valence electrons. The Labute approximate surface area is 116 Å². The quantitative estimate of drug-likeness (QED) is 0.852. The van der Waals surface area contributed by atoms with Crippen LogP contribution in [0.2, 0.25) is 0 Å². The maximum absolute atomic E-state index is 11.1. The monoisotopic (exact) mass is 276 g/mol. The molecule has 1 amide bonds. The molecule has 0 bridgehead atoms. The number of rotatable bonds is 6. The number of carbonyl (C=O) groups is 1. The second-order valence-electron chi connectivity index (χ2n) is 3.92. The molecule has 0 aliphatic carbocycles. The number of anilines is 1. The Balaban J connectivity index is 1.89. The van der Waals surface area contributed by atoms with E-state index in [-0.39, 0.29) is 12.5 Å². The fourth-order valence-electron chi connectivity index (χ4n) is 1.52. The molecule has 1 aromatic heterocycles. The van der Waals surface area contributed by atoms with Gasteiger partial charge in [0.25, 0.3) is 5.91 Å². The van der Waals surface area contributed by atoms with Gasteiger partial charge in [-0.3, -0.25) is 4.79 Å². The first-order chi connectivity index (χ1) is 9.28. The molecule has 1 aromatic carbocycles. The second kappa shape index (κ2) is 6.80. The third-order valence-electron chi connectivity index (χ3n) is 2.53. The third-order valence-corrected chi connectivity index (χ3v) is 3.41. The minimum absolute atomic E-state index is 0.0326. The van der Waals surface area contributed by atoms with Crippen LogP contribution in [0.5, 0.6) is 5.75 Å². The van der Waals surface area contributed by atoms with Crippen molar-refractivity contribution in [1.29, 1.82) is 0 Å². The highest BCUT2D eigenvalue weighted by Gasteiger charge is 2.01. The Bertz CT molecular complexity index is 526. The van der Waals surface area contributed by atoms with Crippen LogP contribution in [0, 0.1) is 0 Å². The molecule has 5 heteroatoms. The van der Waals surface area contributed by atoms with E-state index in [0.717, 1.165) is 12.2 Å². The summed E-state index contributed by atoms with van der Waals surface area (Å²) in [5.74, 6) is 0.539. The first kappa shape index (κ1) is 13.4. The van der Waals surface area contributed by atoms with Gasteiger partial charge >= 0.3 is 0 Å². The van der Waals surface area contributed by atoms with Crippen molar-refractivity contribution in [1.82, 2.24) is 5.32 Å². The molecule has 0 unspecified atom stereocenters. The summed E-state index contributed by atoms with van der Waals surface area (Å²) in [7, 11) is 1.59. The molecular formula is C14H16N2O2S. The SMILES string of the molecule is CNC(=O)COc1cccc(NCc2cccs2)c1. The molecule has 0 aliphatic rings. The number of thiophene rings is 1. The van der Waals surface area contributed by atoms with E-state index in [1.165, 1.54) is 4.88 Å². The predicted octanol–water partition coefficient (Wildman–Crippen LogP) is 2.49. The van der Waals surface area contributed by atoms with Crippen molar-refractivity contribution in [3.05, 3.63) is 46.7 Å². The van der Waals surface area contributed by atoms with Crippen molar-refractivity contribution in [2.24, 2.45) is 0 Å². The minimum atomic E-state index is -0.142. The van der Waals surface area contributed by atoms with Crippen molar-refractivity contribution in [3.63, 3.8) is 0 Å². The summed E-state index contributed by atoms with van der Waals surface area (Å²) in [4.78, 5) is 12.4. The zero-order valence-corrected chi connectivity index (χ0v) is 11.5. The molecule has 4 nitrogen and oxygen atoms in total. The topological polar surface area (TPSA) is 50.4 Å². The number of ether oxygens (including phenoxy) is 1. The Morgan fingerprint density at radius 1 is 1.32 bits per heavy atom. The average Bonchev–Trinajstić information content (AvgIpc) is 2.96. The van der Waals surface area contributed by atoms with Crippen molar-refractivity contribution in [2.75, 3.05) is 19.0 Å². The van der Waals surface area contributed by atoms with Gasteiger partial charge < -0.3 is 15.4 Å². The molecule has 0 atom stereocenters. The summed E-state index contributed by atoms with van der Waals surface area (Å²) < 4.78 is 5.39. The maximum atomic E-state index is 11.1. The van der Waals surface area contributed by atoms with Crippen molar-refractivity contribution >= 4 is 22.9 Å². The summed E-state index contributed by atoms with van der Waals surface area (Å²) in [5, 5.41) is 7.89. The van der Waals surface area contributed by atoms with Crippen LogP contribution in [-0.4, -0.2) is 19.6 Å². The van der Waals surface area contributed by atoms with Crippen LogP contribution in [0.4, 0.5) is 5.69 Å². The largest absolute Gasteiger partial charge is 0.484 e. The van der Waals surface area contributed by atoms with E-state index in [9.17, 15) is 4.79 Å². The number of benzene rings is 1. The molecule has 1 heterocycles. The molecular weight excluding hydrogens is 260 g/mol. The van der Waals surface area contributed by atoms with Gasteiger partial charge in [-0.2, -0.15) is 0 Å². The summed E-state index contributed by atoms with van der Waals surface area (Å²) in [6, 6.07) is 11.7. The van der Waals surface area contributed by atoms with Gasteiger partial charge in [-0.15, -0.1) is 11.3 Å². The fraction of sp³-hybridized carbons (Fsp3) is 0.214. The van der Waals surface area contributed by atoms with Crippen LogP contribution < -0.4 is 15.4 Å². The van der Waals surface area contributed by atoms with E-state index in [1.54, 1.807) is 18.4 Å². The lowest BCUT2D eigenvalue weighted by Gasteiger charge is -2.08. The number of carbonyl (C=O) groups excluding carboxylic acids is 1. The summed E-state index contributed by atoms with van der Waals surface area (Å²) in [5.41, 5.74) is 0.975. The first-order valence-electron chi connectivity index (χ1n) is 5.97. The Morgan fingerprint density at radius 3 is 2.95 bits per heavy atom. The number of amides is 1. The van der Waals surface area contributed by atoms with Crippen molar-refractivity contribution in [2.45, 2.75) is 6.54 Å². The molecule has 19 heavy (non-hydrogen) atoms. The fourth-order valence-corrected chi connectivity index (χ4v) is 2.16. The van der Waals surface area contributed by atoms with Gasteiger partial charge in [-0.25, -0.2) is 0 Å². The lowest BCUT2D eigenvalue weighted by atomic mass is 10.3. The molecule has 0 saturated carbocycles. The van der Waals surface area contributed by atoms with Crippen LogP contribution in [0.1, 0.15) is 4.88 Å². The number of hydrogen-bond donors (Lipinski definition) is 2. The van der Waals surface area contributed by atoms with Crippen LogP contribution in [0.3, 0.4) is 0 Å². The maximum Gasteiger partial charge on any atom is 0.257 e. The van der Waals surface area contributed by atoms with Gasteiger partial charge in [0.15, 0.2) is 6.61 Å². The van der Waals surface area contributed by atoms with E-state index in [2.05, 4.69) is 22.1 Å². The lowest BCUT2D eigenvalue weighted by Crippen LogP contribution is -2.24. The van der Waals surface area contributed by atoms with Crippen molar-refractivity contribution in [3.8, 4) is 5.75 Å². The normalized spacial score (nSPS) is 9.95. The summed E-state index contributed by atoms with van der Waals surface area (Å²) in [6.07, 6.45) is 0. The van der Waals surface area contributed by atoms with Gasteiger partial charge in [-0.1, -0.05) is 12.1 Å². The smallest absolute Gasteiger partial charge is 0.257 e. The summed E-state index contributed by atoms with van der Waals surface area (Å²) >= 11 is 1.72. The van der Waals surface area contributed by atoms with Gasteiger partial charge in [0.05, 0.1) is 0 Å². The molecule has 0 spiro atoms. The van der Waals surface area contributed by atoms with Gasteiger partial charge in [0, 0.05) is 30.2 Å². The van der Waals surface area contributed by atoms with Crippen LogP contribution in [0.25, 0.3) is 0 Å². The molecule has 0 radical (unpaired) electrons. The highest BCUT2D eigenvalue weighted by Crippen LogP contribution is 2.19. The lowest BCUT2D eigenvalue weighted by molar-refractivity contribution is -0.122. The summed E-state index contributed by atoms with van der Waals surface area (Å²) in [6.45, 7) is 0.821. The first-order valence-corrected chi connectivity index (χ1v) is 6.85. The van der Waals surface area contributed by atoms with Crippen molar-refractivity contribution < 1.29 is 9.53 Å². The van der Waals surface area contributed by atoms with Gasteiger partial charge in [-0.05, 0) is 23.6 Å². The molecule has 0 fully saturated rings. The molecule has 2 aromatic rings. The molecule has 2 rings (SSSR count). The average molecular weight is 276 g/mol. The predicted molar refractivity (Wildman–Crippen MR) is 77.6 cm³/mol. The zero-order valence-electron chi connectivity index (χ0n) is 10.7. The Kier molecular flexibility index (Phi) is 4.80.